The van der Waals surface area contributed by atoms with Crippen molar-refractivity contribution in [2.24, 2.45) is 5.92 Å². The highest BCUT2D eigenvalue weighted by Crippen LogP contribution is 2.38. The molecule has 0 fully saturated rings. The molecule has 4 nitrogen and oxygen atoms in total. The molecule has 1 N–H and O–H groups in total. The molecule has 0 aliphatic heterocycles. The molecular weight excluding hydrogens is 457 g/mol. The van der Waals surface area contributed by atoms with Crippen molar-refractivity contribution in [1.29, 1.82) is 0 Å². The van der Waals surface area contributed by atoms with Crippen molar-refractivity contribution < 1.29 is 36.3 Å². The van der Waals surface area contributed by atoms with Gasteiger partial charge in [0.25, 0.3) is 5.91 Å². The van der Waals surface area contributed by atoms with Gasteiger partial charge in [0.1, 0.15) is 11.6 Å². The van der Waals surface area contributed by atoms with E-state index >= 15 is 0 Å². The van der Waals surface area contributed by atoms with Crippen LogP contribution in [0.4, 0.5) is 22.0 Å². The minimum absolute atomic E-state index is 0.0431. The molecule has 3 rings (SSSR count). The van der Waals surface area contributed by atoms with Gasteiger partial charge in [0.2, 0.25) is 0 Å². The Hall–Kier alpha value is -2.94. The van der Waals surface area contributed by atoms with E-state index in [0.29, 0.717) is 17.7 Å². The van der Waals surface area contributed by atoms with E-state index < -0.39 is 53.1 Å². The van der Waals surface area contributed by atoms with E-state index in [1.165, 1.54) is 13.2 Å². The molecule has 0 aromatic heterocycles. The third-order valence-electron chi connectivity index (χ3n) is 5.15. The number of methoxy groups -OCH3 is 1. The van der Waals surface area contributed by atoms with Gasteiger partial charge in [-0.2, -0.15) is 13.2 Å². The summed E-state index contributed by atoms with van der Waals surface area (Å²) < 4.78 is 70.1. The Balaban J connectivity index is 1.74. The van der Waals surface area contributed by atoms with E-state index in [1.807, 2.05) is 0 Å². The highest BCUT2D eigenvalue weighted by molar-refractivity contribution is 6.31. The zero-order valence-corrected chi connectivity index (χ0v) is 17.3. The molecule has 0 heterocycles. The van der Waals surface area contributed by atoms with E-state index in [2.05, 4.69) is 5.32 Å². The Morgan fingerprint density at radius 3 is 2.44 bits per heavy atom. The predicted octanol–water partition coefficient (Wildman–Crippen LogP) is 5.27. The SMILES string of the molecule is COC(=O)[C@H](c1ccc(F)cc1Cl)[C@H]1C=C[C@@H](NC(=O)c2ccc(C(F)(F)F)c(F)c2)C1. The fraction of sp³-hybridized carbons (Fsp3) is 0.273. The van der Waals surface area contributed by atoms with Crippen molar-refractivity contribution in [3.8, 4) is 0 Å². The van der Waals surface area contributed by atoms with E-state index in [0.717, 1.165) is 18.2 Å². The molecule has 32 heavy (non-hydrogen) atoms. The Labute approximate surface area is 185 Å². The van der Waals surface area contributed by atoms with Crippen molar-refractivity contribution in [3.63, 3.8) is 0 Å². The van der Waals surface area contributed by atoms with Crippen LogP contribution in [0, 0.1) is 17.6 Å². The number of carbonyl (C=O) groups excluding carboxylic acids is 2. The summed E-state index contributed by atoms with van der Waals surface area (Å²) in [6.07, 6.45) is -1.36. The number of carbonyl (C=O) groups is 2. The smallest absolute Gasteiger partial charge is 0.419 e. The van der Waals surface area contributed by atoms with Gasteiger partial charge in [0, 0.05) is 16.6 Å². The third-order valence-corrected chi connectivity index (χ3v) is 5.48. The van der Waals surface area contributed by atoms with Gasteiger partial charge < -0.3 is 10.1 Å². The average Bonchev–Trinajstić information content (AvgIpc) is 3.16. The van der Waals surface area contributed by atoms with Gasteiger partial charge in [-0.05, 0) is 48.2 Å². The number of rotatable bonds is 5. The van der Waals surface area contributed by atoms with Crippen LogP contribution in [0.2, 0.25) is 5.02 Å². The van der Waals surface area contributed by atoms with Crippen molar-refractivity contribution >= 4 is 23.5 Å². The molecule has 1 aliphatic rings. The van der Waals surface area contributed by atoms with E-state index in [9.17, 15) is 31.5 Å². The van der Waals surface area contributed by atoms with E-state index in [4.69, 9.17) is 16.3 Å². The number of amides is 1. The summed E-state index contributed by atoms with van der Waals surface area (Å²) in [5.74, 6) is -4.83. The van der Waals surface area contributed by atoms with Crippen LogP contribution in [0.25, 0.3) is 0 Å². The molecule has 0 unspecified atom stereocenters. The minimum atomic E-state index is -4.87. The molecule has 2 aromatic rings. The Bertz CT molecular complexity index is 1070. The van der Waals surface area contributed by atoms with E-state index in [1.54, 1.807) is 12.2 Å². The summed E-state index contributed by atoms with van der Waals surface area (Å²) in [6.45, 7) is 0. The second-order valence-electron chi connectivity index (χ2n) is 7.22. The van der Waals surface area contributed by atoms with Crippen LogP contribution < -0.4 is 5.32 Å². The number of benzene rings is 2. The van der Waals surface area contributed by atoms with E-state index in [-0.39, 0.29) is 17.0 Å². The van der Waals surface area contributed by atoms with Gasteiger partial charge in [0.15, 0.2) is 0 Å². The second kappa shape index (κ2) is 9.28. The summed E-state index contributed by atoms with van der Waals surface area (Å²) in [4.78, 5) is 24.8. The van der Waals surface area contributed by atoms with Crippen LogP contribution in [-0.2, 0) is 15.7 Å². The Morgan fingerprint density at radius 1 is 1.12 bits per heavy atom. The predicted molar refractivity (Wildman–Crippen MR) is 106 cm³/mol. The number of ether oxygens (including phenoxy) is 1. The molecule has 0 saturated carbocycles. The number of esters is 1. The normalized spacial score (nSPS) is 19.0. The lowest BCUT2D eigenvalue weighted by Gasteiger charge is -2.23. The summed E-state index contributed by atoms with van der Waals surface area (Å²) >= 11 is 6.11. The quantitative estimate of drug-likeness (QED) is 0.366. The van der Waals surface area contributed by atoms with Crippen molar-refractivity contribution in [2.45, 2.75) is 24.6 Å². The maximum atomic E-state index is 13.8. The molecule has 0 saturated heterocycles. The zero-order valence-electron chi connectivity index (χ0n) is 16.6. The second-order valence-corrected chi connectivity index (χ2v) is 7.63. The number of halogens is 6. The first-order valence-electron chi connectivity index (χ1n) is 9.40. The van der Waals surface area contributed by atoms with Gasteiger partial charge >= 0.3 is 12.1 Å². The van der Waals surface area contributed by atoms with Gasteiger partial charge in [-0.25, -0.2) is 8.78 Å². The Kier molecular flexibility index (Phi) is 6.88. The lowest BCUT2D eigenvalue weighted by molar-refractivity contribution is -0.143. The first-order valence-corrected chi connectivity index (χ1v) is 9.77. The van der Waals surface area contributed by atoms with Crippen molar-refractivity contribution in [1.82, 2.24) is 5.32 Å². The number of hydrogen-bond donors (Lipinski definition) is 1. The van der Waals surface area contributed by atoms with Crippen LogP contribution in [0.3, 0.4) is 0 Å². The maximum absolute atomic E-state index is 13.8. The van der Waals surface area contributed by atoms with Gasteiger partial charge in [-0.1, -0.05) is 29.8 Å². The summed E-state index contributed by atoms with van der Waals surface area (Å²) in [5.41, 5.74) is -1.39. The third kappa shape index (κ3) is 5.09. The number of allylic oxidation sites excluding steroid dienone is 1. The number of hydrogen-bond acceptors (Lipinski definition) is 3. The summed E-state index contributed by atoms with van der Waals surface area (Å²) in [7, 11) is 1.20. The van der Waals surface area contributed by atoms with Crippen LogP contribution >= 0.6 is 11.6 Å². The fourth-order valence-electron chi connectivity index (χ4n) is 3.63. The molecule has 0 spiro atoms. The minimum Gasteiger partial charge on any atom is -0.469 e. The summed E-state index contributed by atoms with van der Waals surface area (Å²) in [6, 6.07) is 4.93. The first-order chi connectivity index (χ1) is 15.0. The molecule has 0 bridgehead atoms. The van der Waals surface area contributed by atoms with Gasteiger partial charge in [-0.3, -0.25) is 9.59 Å². The van der Waals surface area contributed by atoms with Crippen molar-refractivity contribution in [3.05, 3.63) is 81.9 Å². The Morgan fingerprint density at radius 2 is 1.84 bits per heavy atom. The molecule has 1 amide bonds. The molecule has 170 valence electrons. The summed E-state index contributed by atoms with van der Waals surface area (Å²) in [5, 5.41) is 2.62. The van der Waals surface area contributed by atoms with Crippen LogP contribution in [0.15, 0.2) is 48.6 Å². The van der Waals surface area contributed by atoms with Crippen LogP contribution in [0.5, 0.6) is 0 Å². The monoisotopic (exact) mass is 473 g/mol. The molecule has 3 atom stereocenters. The standard InChI is InChI=1S/C22H17ClF5NO3/c1-32-21(31)19(15-6-4-13(24)10-17(15)23)11-2-5-14(8-11)29-20(30)12-3-7-16(18(25)9-12)22(26,27)28/h2-7,9-11,14,19H,8H2,1H3,(H,29,30)/t11-,14+,19-/m0/s1. The van der Waals surface area contributed by atoms with Crippen LogP contribution in [0.1, 0.15) is 33.8 Å². The lowest BCUT2D eigenvalue weighted by Crippen LogP contribution is -2.34. The molecule has 1 aliphatic carbocycles. The largest absolute Gasteiger partial charge is 0.469 e. The fourth-order valence-corrected chi connectivity index (χ4v) is 3.92. The number of alkyl halides is 3. The molecular formula is C22H17ClF5NO3. The zero-order chi connectivity index (χ0) is 23.6. The lowest BCUT2D eigenvalue weighted by atomic mass is 9.85. The maximum Gasteiger partial charge on any atom is 0.419 e. The average molecular weight is 474 g/mol. The highest BCUT2D eigenvalue weighted by atomic mass is 35.5. The van der Waals surface area contributed by atoms with Crippen LogP contribution in [-0.4, -0.2) is 25.0 Å². The van der Waals surface area contributed by atoms with Gasteiger partial charge in [-0.15, -0.1) is 0 Å². The topological polar surface area (TPSA) is 55.4 Å². The van der Waals surface area contributed by atoms with Gasteiger partial charge in [0.05, 0.1) is 18.6 Å². The molecule has 10 heteroatoms. The highest BCUT2D eigenvalue weighted by Gasteiger charge is 2.36. The molecule has 0 radical (unpaired) electrons. The van der Waals surface area contributed by atoms with Crippen molar-refractivity contribution in [2.75, 3.05) is 7.11 Å². The first kappa shape index (κ1) is 23.7. The molecule has 2 aromatic carbocycles. The number of nitrogens with one attached hydrogen (secondary N) is 1.